The van der Waals surface area contributed by atoms with Crippen LogP contribution in [0, 0.1) is 0 Å². The minimum absolute atomic E-state index is 0.368. The number of rotatable bonds is 4. The van der Waals surface area contributed by atoms with Gasteiger partial charge in [0, 0.05) is 13.3 Å². The van der Waals surface area contributed by atoms with Gasteiger partial charge in [0.1, 0.15) is 0 Å². The molecule has 0 atom stereocenters. The molecule has 0 saturated carbocycles. The molecular formula is C9H13NO2. The molecular weight excluding hydrogens is 154 g/mol. The molecule has 0 spiro atoms. The molecule has 0 aromatic heterocycles. The van der Waals surface area contributed by atoms with E-state index in [0.717, 1.165) is 0 Å². The summed E-state index contributed by atoms with van der Waals surface area (Å²) in [5.41, 5.74) is 0.419. The number of hydrogen-bond acceptors (Lipinski definition) is 3. The van der Waals surface area contributed by atoms with E-state index in [2.05, 4.69) is 11.6 Å². The molecule has 0 fully saturated rings. The quantitative estimate of drug-likeness (QED) is 0.274. The van der Waals surface area contributed by atoms with Gasteiger partial charge in [0.25, 0.3) is 0 Å². The molecule has 0 amide bonds. The van der Waals surface area contributed by atoms with E-state index in [4.69, 9.17) is 4.74 Å². The van der Waals surface area contributed by atoms with Crippen LogP contribution in [0.2, 0.25) is 0 Å². The van der Waals surface area contributed by atoms with Gasteiger partial charge in [-0.05, 0) is 13.0 Å². The first-order valence-electron chi connectivity index (χ1n) is 3.68. The Balaban J connectivity index is 4.33. The molecule has 0 unspecified atom stereocenters. The van der Waals surface area contributed by atoms with Crippen LogP contribution in [0.25, 0.3) is 0 Å². The molecule has 3 heteroatoms. The minimum atomic E-state index is -0.368. The van der Waals surface area contributed by atoms with Crippen LogP contribution in [0.1, 0.15) is 6.92 Å². The predicted molar refractivity (Wildman–Crippen MR) is 49.3 cm³/mol. The molecule has 0 aliphatic heterocycles. The molecule has 0 aliphatic rings. The highest BCUT2D eigenvalue weighted by atomic mass is 16.5. The number of nitrogens with zero attached hydrogens (tertiary/aromatic N) is 1. The van der Waals surface area contributed by atoms with Crippen molar-refractivity contribution in [1.29, 1.82) is 0 Å². The van der Waals surface area contributed by atoms with Gasteiger partial charge >= 0.3 is 5.97 Å². The topological polar surface area (TPSA) is 38.7 Å². The highest BCUT2D eigenvalue weighted by Gasteiger charge is 2.03. The van der Waals surface area contributed by atoms with Crippen molar-refractivity contribution in [2.24, 2.45) is 4.99 Å². The third-order valence-electron chi connectivity index (χ3n) is 1.13. The SMILES string of the molecule is C=C/C(=C\C=N/C)C(=O)OCC. The first-order chi connectivity index (χ1) is 5.76. The Morgan fingerprint density at radius 2 is 2.33 bits per heavy atom. The van der Waals surface area contributed by atoms with Crippen molar-refractivity contribution in [1.82, 2.24) is 0 Å². The van der Waals surface area contributed by atoms with Crippen molar-refractivity contribution in [2.45, 2.75) is 6.92 Å². The van der Waals surface area contributed by atoms with Crippen molar-refractivity contribution in [3.8, 4) is 0 Å². The minimum Gasteiger partial charge on any atom is -0.462 e. The van der Waals surface area contributed by atoms with Crippen LogP contribution < -0.4 is 0 Å². The zero-order chi connectivity index (χ0) is 9.40. The van der Waals surface area contributed by atoms with Crippen LogP contribution in [-0.2, 0) is 9.53 Å². The van der Waals surface area contributed by atoms with E-state index in [-0.39, 0.29) is 5.97 Å². The zero-order valence-corrected chi connectivity index (χ0v) is 7.41. The summed E-state index contributed by atoms with van der Waals surface area (Å²) in [5.74, 6) is -0.368. The van der Waals surface area contributed by atoms with E-state index in [1.807, 2.05) is 0 Å². The number of aliphatic imine (C=N–C) groups is 1. The monoisotopic (exact) mass is 167 g/mol. The lowest BCUT2D eigenvalue weighted by Crippen LogP contribution is -2.05. The Morgan fingerprint density at radius 1 is 1.67 bits per heavy atom. The van der Waals surface area contributed by atoms with Gasteiger partial charge in [0.15, 0.2) is 0 Å². The van der Waals surface area contributed by atoms with E-state index < -0.39 is 0 Å². The molecule has 0 heterocycles. The second kappa shape index (κ2) is 6.34. The summed E-state index contributed by atoms with van der Waals surface area (Å²) in [6.45, 7) is 5.61. The largest absolute Gasteiger partial charge is 0.462 e. The summed E-state index contributed by atoms with van der Waals surface area (Å²) in [7, 11) is 1.63. The number of carbonyl (C=O) groups is 1. The van der Waals surface area contributed by atoms with Gasteiger partial charge in [-0.1, -0.05) is 12.7 Å². The van der Waals surface area contributed by atoms with Crippen molar-refractivity contribution in [3.63, 3.8) is 0 Å². The highest BCUT2D eigenvalue weighted by Crippen LogP contribution is 1.97. The third-order valence-corrected chi connectivity index (χ3v) is 1.13. The van der Waals surface area contributed by atoms with Gasteiger partial charge < -0.3 is 4.74 Å². The highest BCUT2D eigenvalue weighted by molar-refractivity contribution is 5.95. The first kappa shape index (κ1) is 10.6. The standard InChI is InChI=1S/C9H13NO2/c1-4-8(6-7-10-3)9(11)12-5-2/h4,6-7H,1,5H2,2-3H3/b8-6+,10-7-. The number of allylic oxidation sites excluding steroid dienone is 1. The zero-order valence-electron chi connectivity index (χ0n) is 7.41. The maximum atomic E-state index is 11.1. The van der Waals surface area contributed by atoms with E-state index in [1.165, 1.54) is 12.3 Å². The summed E-state index contributed by atoms with van der Waals surface area (Å²) in [4.78, 5) is 14.8. The first-order valence-corrected chi connectivity index (χ1v) is 3.68. The van der Waals surface area contributed by atoms with E-state index in [1.54, 1.807) is 20.0 Å². The maximum absolute atomic E-state index is 11.1. The van der Waals surface area contributed by atoms with Crippen molar-refractivity contribution in [2.75, 3.05) is 13.7 Å². The van der Waals surface area contributed by atoms with E-state index in [9.17, 15) is 4.79 Å². The lowest BCUT2D eigenvalue weighted by molar-refractivity contribution is -0.138. The lowest BCUT2D eigenvalue weighted by Gasteiger charge is -1.99. The molecule has 3 nitrogen and oxygen atoms in total. The Hall–Kier alpha value is -1.38. The summed E-state index contributed by atoms with van der Waals surface area (Å²) in [6, 6.07) is 0. The van der Waals surface area contributed by atoms with Crippen LogP contribution in [0.15, 0.2) is 29.3 Å². The molecule has 66 valence electrons. The van der Waals surface area contributed by atoms with Gasteiger partial charge in [0.05, 0.1) is 12.2 Å². The third kappa shape index (κ3) is 3.71. The normalized spacial score (nSPS) is 11.7. The second-order valence-corrected chi connectivity index (χ2v) is 1.95. The average Bonchev–Trinajstić information content (AvgIpc) is 2.06. The number of ether oxygens (including phenoxy) is 1. The van der Waals surface area contributed by atoms with E-state index >= 15 is 0 Å². The molecule has 0 radical (unpaired) electrons. The Bertz CT molecular complexity index is 217. The fourth-order valence-electron chi connectivity index (χ4n) is 0.589. The van der Waals surface area contributed by atoms with Crippen molar-refractivity contribution in [3.05, 3.63) is 24.3 Å². The van der Waals surface area contributed by atoms with Crippen LogP contribution in [0.4, 0.5) is 0 Å². The Morgan fingerprint density at radius 3 is 2.75 bits per heavy atom. The molecule has 0 aromatic carbocycles. The van der Waals surface area contributed by atoms with Gasteiger partial charge in [-0.25, -0.2) is 4.79 Å². The fourth-order valence-corrected chi connectivity index (χ4v) is 0.589. The maximum Gasteiger partial charge on any atom is 0.338 e. The molecule has 0 aromatic rings. The fraction of sp³-hybridized carbons (Fsp3) is 0.333. The van der Waals surface area contributed by atoms with Crippen molar-refractivity contribution >= 4 is 12.2 Å². The Kier molecular flexibility index (Phi) is 5.61. The molecule has 0 saturated heterocycles. The van der Waals surface area contributed by atoms with Crippen molar-refractivity contribution < 1.29 is 9.53 Å². The average molecular weight is 167 g/mol. The molecule has 0 bridgehead atoms. The summed E-state index contributed by atoms with van der Waals surface area (Å²) in [6.07, 6.45) is 4.53. The van der Waals surface area contributed by atoms with Gasteiger partial charge in [-0.15, -0.1) is 0 Å². The summed E-state index contributed by atoms with van der Waals surface area (Å²) >= 11 is 0. The summed E-state index contributed by atoms with van der Waals surface area (Å²) < 4.78 is 4.75. The molecule has 0 aliphatic carbocycles. The van der Waals surface area contributed by atoms with E-state index in [0.29, 0.717) is 12.2 Å². The summed E-state index contributed by atoms with van der Waals surface area (Å²) in [5, 5.41) is 0. The molecule has 0 rings (SSSR count). The number of hydrogen-bond donors (Lipinski definition) is 0. The lowest BCUT2D eigenvalue weighted by atomic mass is 10.2. The second-order valence-electron chi connectivity index (χ2n) is 1.95. The predicted octanol–water partition coefficient (Wildman–Crippen LogP) is 1.36. The van der Waals surface area contributed by atoms with Gasteiger partial charge in [-0.3, -0.25) is 4.99 Å². The van der Waals surface area contributed by atoms with Crippen LogP contribution in [-0.4, -0.2) is 25.8 Å². The number of carbonyl (C=O) groups excluding carboxylic acids is 1. The van der Waals surface area contributed by atoms with Gasteiger partial charge in [0.2, 0.25) is 0 Å². The smallest absolute Gasteiger partial charge is 0.338 e. The number of esters is 1. The van der Waals surface area contributed by atoms with Crippen LogP contribution in [0.5, 0.6) is 0 Å². The molecule has 0 N–H and O–H groups in total. The van der Waals surface area contributed by atoms with Gasteiger partial charge in [-0.2, -0.15) is 0 Å². The Labute approximate surface area is 72.4 Å². The molecule has 12 heavy (non-hydrogen) atoms. The van der Waals surface area contributed by atoms with Crippen LogP contribution >= 0.6 is 0 Å². The van der Waals surface area contributed by atoms with Crippen LogP contribution in [0.3, 0.4) is 0 Å².